The first-order chi connectivity index (χ1) is 8.76. The van der Waals surface area contributed by atoms with Gasteiger partial charge in [-0.25, -0.2) is 18.6 Å². The van der Waals surface area contributed by atoms with Crippen molar-refractivity contribution in [1.29, 1.82) is 0 Å². The fourth-order valence-corrected chi connectivity index (χ4v) is 2.35. The first-order valence-corrected chi connectivity index (χ1v) is 8.40. The summed E-state index contributed by atoms with van der Waals surface area (Å²) in [4.78, 5) is 32.8. The molecule has 0 aliphatic carbocycles. The topological polar surface area (TPSA) is 116 Å². The highest BCUT2D eigenvalue weighted by molar-refractivity contribution is 7.90. The number of carbonyl (C=O) groups excluding carboxylic acids is 2. The van der Waals surface area contributed by atoms with Gasteiger partial charge in [-0.1, -0.05) is 19.8 Å². The smallest absolute Gasteiger partial charge is 0.481 e. The number of hydrogen-bond acceptors (Lipinski definition) is 6. The van der Waals surface area contributed by atoms with Gasteiger partial charge in [0.05, 0.1) is 19.3 Å². The molecule has 9 heteroatoms. The van der Waals surface area contributed by atoms with E-state index in [2.05, 4.69) is 9.05 Å². The van der Waals surface area contributed by atoms with Crippen LogP contribution in [-0.2, 0) is 23.4 Å². The molecule has 0 aliphatic heterocycles. The summed E-state index contributed by atoms with van der Waals surface area (Å²) in [6.07, 6.45) is 1.81. The lowest BCUT2D eigenvalue weighted by molar-refractivity contribution is -0.143. The van der Waals surface area contributed by atoms with E-state index in [1.54, 1.807) is 0 Å². The molecule has 0 aliphatic rings. The Morgan fingerprint density at radius 3 is 2.11 bits per heavy atom. The van der Waals surface area contributed by atoms with Gasteiger partial charge in [-0.05, 0) is 6.42 Å². The van der Waals surface area contributed by atoms with Crippen LogP contribution in [0.4, 0.5) is 0 Å². The van der Waals surface area contributed by atoms with Crippen molar-refractivity contribution in [3.63, 3.8) is 0 Å². The summed E-state index contributed by atoms with van der Waals surface area (Å²) in [5, 5.41) is 8.38. The molecule has 0 bridgehead atoms. The predicted molar refractivity (Wildman–Crippen MR) is 70.2 cm³/mol. The average Bonchev–Trinajstić information content (AvgIpc) is 2.25. The number of nitrogens with two attached hydrogens (primary N) is 1. The predicted octanol–water partition coefficient (Wildman–Crippen LogP) is 2.39. The van der Waals surface area contributed by atoms with Gasteiger partial charge in [0.25, 0.3) is 0 Å². The number of rotatable bonds is 9. The second-order valence-corrected chi connectivity index (χ2v) is 6.62. The summed E-state index contributed by atoms with van der Waals surface area (Å²) >= 11 is 5.61. The molecule has 0 saturated carbocycles. The Balaban J connectivity index is 4.05. The molecule has 0 aromatic rings. The normalized spacial score (nSPS) is 13.4. The van der Waals surface area contributed by atoms with Crippen LogP contribution in [0.5, 0.6) is 0 Å². The van der Waals surface area contributed by atoms with Crippen LogP contribution in [0.25, 0.3) is 0 Å². The maximum absolute atomic E-state index is 11.3. The largest absolute Gasteiger partial charge is 0.545 e. The van der Waals surface area contributed by atoms with E-state index in [0.717, 1.165) is 12.8 Å². The number of halogens is 1. The molecular formula is C10H18ClNO6P+. The van der Waals surface area contributed by atoms with Crippen molar-refractivity contribution in [2.24, 2.45) is 5.50 Å². The second-order valence-electron chi connectivity index (χ2n) is 3.80. The van der Waals surface area contributed by atoms with Gasteiger partial charge in [0, 0.05) is 0 Å². The first kappa shape index (κ1) is 18.1. The van der Waals surface area contributed by atoms with Crippen LogP contribution in [0.3, 0.4) is 0 Å². The molecule has 0 amide bonds. The lowest BCUT2D eigenvalue weighted by Crippen LogP contribution is -2.16. The van der Waals surface area contributed by atoms with E-state index in [0.29, 0.717) is 6.42 Å². The number of carboxylic acid groups (broad SMARTS) is 1. The first-order valence-electron chi connectivity index (χ1n) is 5.80. The summed E-state index contributed by atoms with van der Waals surface area (Å²) in [5.41, 5.74) is 5.37. The summed E-state index contributed by atoms with van der Waals surface area (Å²) in [6, 6.07) is 0. The van der Waals surface area contributed by atoms with E-state index in [1.165, 1.54) is 0 Å². The second kappa shape index (κ2) is 9.07. The van der Waals surface area contributed by atoms with Crippen LogP contribution in [0.15, 0.2) is 0 Å². The molecule has 0 radical (unpaired) electrons. The van der Waals surface area contributed by atoms with E-state index in [4.69, 9.17) is 21.9 Å². The van der Waals surface area contributed by atoms with Crippen LogP contribution in [0.2, 0.25) is 0 Å². The maximum atomic E-state index is 11.3. The highest BCUT2D eigenvalue weighted by atomic mass is 35.7. The number of carbonyl (C=O) groups is 3. The van der Waals surface area contributed by atoms with Gasteiger partial charge in [-0.3, -0.25) is 4.79 Å². The Morgan fingerprint density at radius 2 is 1.63 bits per heavy atom. The minimum absolute atomic E-state index is 0.145. The van der Waals surface area contributed by atoms with Crippen molar-refractivity contribution < 1.29 is 28.5 Å². The molecule has 19 heavy (non-hydrogen) atoms. The van der Waals surface area contributed by atoms with Crippen molar-refractivity contribution in [1.82, 2.24) is 0 Å². The third-order valence-electron chi connectivity index (χ3n) is 1.98. The van der Waals surface area contributed by atoms with Crippen LogP contribution < -0.4 is 5.50 Å². The monoisotopic (exact) mass is 314 g/mol. The van der Waals surface area contributed by atoms with Gasteiger partial charge in [0.2, 0.25) is 0 Å². The third kappa shape index (κ3) is 10.7. The fraction of sp³-hybridized carbons (Fsp3) is 0.700. The van der Waals surface area contributed by atoms with Crippen molar-refractivity contribution in [3.05, 3.63) is 0 Å². The van der Waals surface area contributed by atoms with Crippen molar-refractivity contribution in [2.45, 2.75) is 45.4 Å². The summed E-state index contributed by atoms with van der Waals surface area (Å²) < 4.78 is 9.26. The number of unbranched alkanes of at least 4 members (excludes halogenated alkanes) is 2. The van der Waals surface area contributed by atoms with Crippen LogP contribution in [-0.4, -0.2) is 23.0 Å². The maximum Gasteiger partial charge on any atom is 0.545 e. The average molecular weight is 315 g/mol. The van der Waals surface area contributed by atoms with Crippen molar-refractivity contribution >= 4 is 36.4 Å². The molecule has 0 saturated heterocycles. The van der Waals surface area contributed by atoms with Gasteiger partial charge in [0.1, 0.15) is 0 Å². The standard InChI is InChI=1S/C10H17ClNO6P/c1-2-3-4-5-9(15)17-19(11,12)18-10(16)7-6-8(13)14/h2-7,12H2,1H3/p+1. The number of hydrogen-bond donors (Lipinski definition) is 2. The molecule has 0 heterocycles. The van der Waals surface area contributed by atoms with E-state index >= 15 is 0 Å². The molecule has 0 fully saturated rings. The van der Waals surface area contributed by atoms with Gasteiger partial charge in [-0.15, -0.1) is 5.50 Å². The van der Waals surface area contributed by atoms with Crippen LogP contribution in [0.1, 0.15) is 45.4 Å². The third-order valence-corrected chi connectivity index (χ3v) is 3.30. The number of carboxylic acids is 1. The Kier molecular flexibility index (Phi) is 8.63. The quantitative estimate of drug-likeness (QED) is 0.495. The van der Waals surface area contributed by atoms with E-state index < -0.39 is 31.5 Å². The molecule has 7 nitrogen and oxygen atoms in total. The molecule has 1 atom stereocenters. The Bertz CT molecular complexity index is 336. The van der Waals surface area contributed by atoms with Gasteiger partial charge >= 0.3 is 25.1 Å². The molecule has 0 aromatic carbocycles. The van der Waals surface area contributed by atoms with E-state index in [-0.39, 0.29) is 12.8 Å². The van der Waals surface area contributed by atoms with Crippen molar-refractivity contribution in [2.75, 3.05) is 0 Å². The van der Waals surface area contributed by atoms with Gasteiger partial charge in [0.15, 0.2) is 11.2 Å². The summed E-state index contributed by atoms with van der Waals surface area (Å²) in [5.74, 6) is -2.69. The van der Waals surface area contributed by atoms with Gasteiger partial charge in [-0.2, -0.15) is 0 Å². The number of aliphatic carboxylic acids is 1. The summed E-state index contributed by atoms with van der Waals surface area (Å²) in [6.45, 7) is 1.98. The molecule has 0 aromatic heterocycles. The SMILES string of the molecule is CCCCCC(=O)O[P+](N)(Cl)OC(=O)CCC(=O)O. The molecule has 0 rings (SSSR count). The van der Waals surface area contributed by atoms with Crippen molar-refractivity contribution in [3.8, 4) is 0 Å². The molecule has 0 spiro atoms. The zero-order valence-electron chi connectivity index (χ0n) is 10.6. The van der Waals surface area contributed by atoms with Crippen LogP contribution >= 0.6 is 18.5 Å². The van der Waals surface area contributed by atoms with E-state index in [1.807, 2.05) is 6.92 Å². The van der Waals surface area contributed by atoms with Crippen LogP contribution in [0, 0.1) is 0 Å². The lowest BCUT2D eigenvalue weighted by atomic mass is 10.2. The molecular weight excluding hydrogens is 297 g/mol. The summed E-state index contributed by atoms with van der Waals surface area (Å²) in [7, 11) is -3.58. The minimum atomic E-state index is -3.58. The van der Waals surface area contributed by atoms with Gasteiger partial charge < -0.3 is 5.11 Å². The Labute approximate surface area is 116 Å². The van der Waals surface area contributed by atoms with E-state index in [9.17, 15) is 14.4 Å². The molecule has 110 valence electrons. The Hall–Kier alpha value is -0.910. The lowest BCUT2D eigenvalue weighted by Gasteiger charge is -2.09. The molecule has 1 unspecified atom stereocenters. The minimum Gasteiger partial charge on any atom is -0.481 e. The zero-order chi connectivity index (χ0) is 14.9. The highest BCUT2D eigenvalue weighted by Crippen LogP contribution is 2.59. The fourth-order valence-electron chi connectivity index (χ4n) is 1.12. The highest BCUT2D eigenvalue weighted by Gasteiger charge is 2.44. The Morgan fingerprint density at radius 1 is 1.11 bits per heavy atom. The molecule has 3 N–H and O–H groups in total. The zero-order valence-corrected chi connectivity index (χ0v) is 12.3.